The van der Waals surface area contributed by atoms with Gasteiger partial charge in [0.05, 0.1) is 17.8 Å². The number of carbonyl (C=O) groups excluding carboxylic acids is 1. The van der Waals surface area contributed by atoms with Crippen LogP contribution in [0.4, 0.5) is 0 Å². The van der Waals surface area contributed by atoms with Crippen molar-refractivity contribution in [3.8, 4) is 0 Å². The van der Waals surface area contributed by atoms with Gasteiger partial charge in [0, 0.05) is 12.2 Å². The molecule has 0 atom stereocenters. The molecule has 2 rings (SSSR count). The number of rotatable bonds is 4. The van der Waals surface area contributed by atoms with Crippen LogP contribution >= 0.6 is 11.5 Å². The van der Waals surface area contributed by atoms with Crippen molar-refractivity contribution >= 4 is 17.3 Å². The van der Waals surface area contributed by atoms with Gasteiger partial charge in [-0.25, -0.2) is 0 Å². The Morgan fingerprint density at radius 2 is 2.29 bits per heavy atom. The number of aromatic nitrogens is 4. The minimum Gasteiger partial charge on any atom is -0.293 e. The van der Waals surface area contributed by atoms with E-state index in [1.165, 1.54) is 0 Å². The Morgan fingerprint density at radius 1 is 1.53 bits per heavy atom. The van der Waals surface area contributed by atoms with Gasteiger partial charge in [0.1, 0.15) is 4.88 Å². The summed E-state index contributed by atoms with van der Waals surface area (Å²) < 4.78 is 5.61. The van der Waals surface area contributed by atoms with Gasteiger partial charge in [-0.1, -0.05) is 4.49 Å². The van der Waals surface area contributed by atoms with E-state index in [9.17, 15) is 4.79 Å². The highest BCUT2D eigenvalue weighted by Gasteiger charge is 2.15. The largest absolute Gasteiger partial charge is 0.293 e. The van der Waals surface area contributed by atoms with Crippen molar-refractivity contribution in [2.75, 3.05) is 0 Å². The first-order chi connectivity index (χ1) is 8.08. The SMILES string of the molecule is Cc1nnsc1C(=O)Cc1ccn(C(C)C)n1. The first kappa shape index (κ1) is 11.9. The van der Waals surface area contributed by atoms with Crippen LogP contribution in [0.2, 0.25) is 0 Å². The third-order valence-corrected chi connectivity index (χ3v) is 3.31. The molecule has 0 radical (unpaired) electrons. The van der Waals surface area contributed by atoms with E-state index >= 15 is 0 Å². The van der Waals surface area contributed by atoms with Crippen molar-refractivity contribution in [3.05, 3.63) is 28.5 Å². The molecule has 0 aromatic carbocycles. The highest BCUT2D eigenvalue weighted by Crippen LogP contribution is 2.13. The molecule has 0 saturated carbocycles. The number of aryl methyl sites for hydroxylation is 1. The molecule has 0 aliphatic rings. The summed E-state index contributed by atoms with van der Waals surface area (Å²) in [5, 5.41) is 8.18. The molecule has 0 bridgehead atoms. The number of carbonyl (C=O) groups is 1. The molecule has 90 valence electrons. The third kappa shape index (κ3) is 2.58. The second-order valence-corrected chi connectivity index (χ2v) is 4.92. The molecule has 0 fully saturated rings. The van der Waals surface area contributed by atoms with E-state index in [4.69, 9.17) is 0 Å². The van der Waals surface area contributed by atoms with E-state index < -0.39 is 0 Å². The molecule has 2 aromatic heterocycles. The normalized spacial score (nSPS) is 11.1. The second kappa shape index (κ2) is 4.75. The molecule has 0 N–H and O–H groups in total. The van der Waals surface area contributed by atoms with Gasteiger partial charge >= 0.3 is 0 Å². The summed E-state index contributed by atoms with van der Waals surface area (Å²) in [6.07, 6.45) is 2.20. The molecule has 2 aromatic rings. The third-order valence-electron chi connectivity index (χ3n) is 2.44. The standard InChI is InChI=1S/C11H14N4OS/c1-7(2)15-5-4-9(13-15)6-10(16)11-8(3)12-14-17-11/h4-5,7H,6H2,1-3H3. The van der Waals surface area contributed by atoms with Gasteiger partial charge in [-0.2, -0.15) is 5.10 Å². The van der Waals surface area contributed by atoms with Gasteiger partial charge in [0.2, 0.25) is 0 Å². The predicted octanol–water partition coefficient (Wildman–Crippen LogP) is 2.05. The summed E-state index contributed by atoms with van der Waals surface area (Å²) >= 11 is 1.14. The lowest BCUT2D eigenvalue weighted by atomic mass is 10.2. The molecule has 0 aliphatic carbocycles. The molecule has 2 heterocycles. The number of ketones is 1. The Bertz CT molecular complexity index is 529. The molecular formula is C11H14N4OS. The molecule has 0 saturated heterocycles. The lowest BCUT2D eigenvalue weighted by Crippen LogP contribution is -2.06. The summed E-state index contributed by atoms with van der Waals surface area (Å²) in [5.41, 5.74) is 1.49. The molecule has 0 amide bonds. The first-order valence-corrected chi connectivity index (χ1v) is 6.21. The molecule has 0 aliphatic heterocycles. The Kier molecular flexibility index (Phi) is 3.33. The lowest BCUT2D eigenvalue weighted by molar-refractivity contribution is 0.0995. The maximum atomic E-state index is 12.0. The predicted molar refractivity (Wildman–Crippen MR) is 65.3 cm³/mol. The van der Waals surface area contributed by atoms with Crippen LogP contribution < -0.4 is 0 Å². The smallest absolute Gasteiger partial charge is 0.182 e. The zero-order valence-corrected chi connectivity index (χ0v) is 10.9. The van der Waals surface area contributed by atoms with E-state index in [-0.39, 0.29) is 5.78 Å². The topological polar surface area (TPSA) is 60.7 Å². The van der Waals surface area contributed by atoms with Crippen LogP contribution in [0.3, 0.4) is 0 Å². The molecule has 5 nitrogen and oxygen atoms in total. The van der Waals surface area contributed by atoms with Crippen LogP contribution in [0, 0.1) is 6.92 Å². The van der Waals surface area contributed by atoms with E-state index in [1.54, 1.807) is 6.92 Å². The quantitative estimate of drug-likeness (QED) is 0.779. The average Bonchev–Trinajstić information content (AvgIpc) is 2.86. The van der Waals surface area contributed by atoms with Crippen LogP contribution in [-0.2, 0) is 6.42 Å². The van der Waals surface area contributed by atoms with Crippen molar-refractivity contribution in [1.29, 1.82) is 0 Å². The number of nitrogens with zero attached hydrogens (tertiary/aromatic N) is 4. The van der Waals surface area contributed by atoms with Crippen LogP contribution in [0.25, 0.3) is 0 Å². The van der Waals surface area contributed by atoms with Gasteiger partial charge in [-0.05, 0) is 38.4 Å². The molecule has 17 heavy (non-hydrogen) atoms. The summed E-state index contributed by atoms with van der Waals surface area (Å²) in [6, 6.07) is 2.19. The van der Waals surface area contributed by atoms with Gasteiger partial charge in [0.15, 0.2) is 5.78 Å². The number of Topliss-reactive ketones (excluding diaryl/α,β-unsaturated/α-hetero) is 1. The maximum absolute atomic E-state index is 12.0. The van der Waals surface area contributed by atoms with Crippen molar-refractivity contribution < 1.29 is 4.79 Å². The van der Waals surface area contributed by atoms with Gasteiger partial charge in [0.25, 0.3) is 0 Å². The van der Waals surface area contributed by atoms with Crippen molar-refractivity contribution in [1.82, 2.24) is 19.4 Å². The molecule has 0 spiro atoms. The zero-order chi connectivity index (χ0) is 12.4. The Morgan fingerprint density at radius 3 is 2.82 bits per heavy atom. The van der Waals surface area contributed by atoms with Crippen LogP contribution in [0.5, 0.6) is 0 Å². The Hall–Kier alpha value is -1.56. The summed E-state index contributed by atoms with van der Waals surface area (Å²) in [5.74, 6) is 0.0338. The Labute approximate surface area is 104 Å². The second-order valence-electron chi connectivity index (χ2n) is 4.17. The Balaban J connectivity index is 2.11. The van der Waals surface area contributed by atoms with Crippen LogP contribution in [0.1, 0.15) is 40.9 Å². The highest BCUT2D eigenvalue weighted by molar-refractivity contribution is 7.08. The fourth-order valence-corrected chi connectivity index (χ4v) is 2.08. The number of hydrogen-bond acceptors (Lipinski definition) is 5. The maximum Gasteiger partial charge on any atom is 0.182 e. The fraction of sp³-hybridized carbons (Fsp3) is 0.455. The van der Waals surface area contributed by atoms with Crippen LogP contribution in [0.15, 0.2) is 12.3 Å². The minimum atomic E-state index is 0.0338. The molecule has 0 unspecified atom stereocenters. The summed E-state index contributed by atoms with van der Waals surface area (Å²) in [6.45, 7) is 5.90. The lowest BCUT2D eigenvalue weighted by Gasteiger charge is -2.03. The average molecular weight is 250 g/mol. The van der Waals surface area contributed by atoms with E-state index in [2.05, 4.69) is 28.5 Å². The van der Waals surface area contributed by atoms with Gasteiger partial charge in [-0.3, -0.25) is 9.48 Å². The monoisotopic (exact) mass is 250 g/mol. The van der Waals surface area contributed by atoms with Crippen LogP contribution in [-0.4, -0.2) is 25.2 Å². The van der Waals surface area contributed by atoms with Gasteiger partial charge < -0.3 is 0 Å². The molecule has 6 heteroatoms. The van der Waals surface area contributed by atoms with Crippen molar-refractivity contribution in [2.24, 2.45) is 0 Å². The van der Waals surface area contributed by atoms with Gasteiger partial charge in [-0.15, -0.1) is 5.10 Å². The minimum absolute atomic E-state index is 0.0338. The highest BCUT2D eigenvalue weighted by atomic mass is 32.1. The summed E-state index contributed by atoms with van der Waals surface area (Å²) in [4.78, 5) is 12.6. The zero-order valence-electron chi connectivity index (χ0n) is 10.0. The number of hydrogen-bond donors (Lipinski definition) is 0. The van der Waals surface area contributed by atoms with E-state index in [1.807, 2.05) is 16.9 Å². The van der Waals surface area contributed by atoms with Crippen molar-refractivity contribution in [2.45, 2.75) is 33.2 Å². The summed E-state index contributed by atoms with van der Waals surface area (Å²) in [7, 11) is 0. The first-order valence-electron chi connectivity index (χ1n) is 5.44. The van der Waals surface area contributed by atoms with Crippen molar-refractivity contribution in [3.63, 3.8) is 0 Å². The molecular weight excluding hydrogens is 236 g/mol. The fourth-order valence-electron chi connectivity index (χ4n) is 1.49. The van der Waals surface area contributed by atoms with E-state index in [0.29, 0.717) is 23.0 Å². The van der Waals surface area contributed by atoms with E-state index in [0.717, 1.165) is 17.2 Å².